The van der Waals surface area contributed by atoms with Crippen LogP contribution in [0.1, 0.15) is 31.9 Å². The Morgan fingerprint density at radius 2 is 1.97 bits per heavy atom. The number of aromatic hydroxyl groups is 1. The van der Waals surface area contributed by atoms with Crippen molar-refractivity contribution in [2.75, 3.05) is 18.8 Å². The molecule has 1 heterocycles. The fraction of sp³-hybridized carbons (Fsp3) is 0.625. The van der Waals surface area contributed by atoms with Crippen LogP contribution in [0.25, 0.3) is 0 Å². The van der Waals surface area contributed by atoms with Gasteiger partial charge < -0.3 is 32.0 Å². The van der Waals surface area contributed by atoms with Crippen molar-refractivity contribution in [3.63, 3.8) is 0 Å². The summed E-state index contributed by atoms with van der Waals surface area (Å²) in [6.07, 6.45) is 1.64. The Morgan fingerprint density at radius 3 is 2.55 bits per heavy atom. The molecule has 1 aromatic rings. The number of aromatic nitrogens is 2. The number of guanidine groups is 1. The molecule has 0 saturated carbocycles. The number of hydrogen-bond acceptors (Lipinski definition) is 7. The highest BCUT2D eigenvalue weighted by atomic mass is 32.2. The van der Waals surface area contributed by atoms with Gasteiger partial charge in [-0.2, -0.15) is 4.72 Å². The third-order valence-electron chi connectivity index (χ3n) is 4.10. The number of aromatic amines is 1. The van der Waals surface area contributed by atoms with Crippen molar-refractivity contribution in [1.29, 1.82) is 0 Å². The van der Waals surface area contributed by atoms with Crippen LogP contribution in [-0.2, 0) is 32.6 Å². The summed E-state index contributed by atoms with van der Waals surface area (Å²) in [5.74, 6) is -3.02. The molecule has 0 radical (unpaired) electrons. The number of carbonyl (C=O) groups excluding carboxylic acids is 1. The molecular weight excluding hydrogens is 434 g/mol. The van der Waals surface area contributed by atoms with Crippen LogP contribution < -0.4 is 27.2 Å². The number of carbonyl (C=O) groups is 2. The van der Waals surface area contributed by atoms with E-state index >= 15 is 0 Å². The molecule has 176 valence electrons. The molecule has 0 aromatic carbocycles. The van der Waals surface area contributed by atoms with E-state index in [-0.39, 0.29) is 30.4 Å². The first-order valence-corrected chi connectivity index (χ1v) is 11.2. The SMILES string of the molecule is CCCCS(=O)(=O)NC(CNC(=O)Cn1c(O)c(CCCN=C(N)N)[nH]c1=O)C(=O)O. The van der Waals surface area contributed by atoms with Crippen LogP contribution in [0.5, 0.6) is 5.88 Å². The number of hydrogen-bond donors (Lipinski definition) is 7. The minimum Gasteiger partial charge on any atom is -0.493 e. The van der Waals surface area contributed by atoms with E-state index in [4.69, 9.17) is 11.5 Å². The summed E-state index contributed by atoms with van der Waals surface area (Å²) in [5, 5.41) is 21.6. The average Bonchev–Trinajstić information content (AvgIpc) is 2.94. The van der Waals surface area contributed by atoms with Crippen molar-refractivity contribution in [1.82, 2.24) is 19.6 Å². The molecule has 1 unspecified atom stereocenters. The molecule has 0 aliphatic carbocycles. The van der Waals surface area contributed by atoms with Crippen molar-refractivity contribution < 1.29 is 28.2 Å². The van der Waals surface area contributed by atoms with Crippen molar-refractivity contribution in [3.8, 4) is 5.88 Å². The number of sulfonamides is 1. The summed E-state index contributed by atoms with van der Waals surface area (Å²) in [6.45, 7) is 0.938. The predicted molar refractivity (Wildman–Crippen MR) is 112 cm³/mol. The van der Waals surface area contributed by atoms with Crippen LogP contribution in [0.3, 0.4) is 0 Å². The minimum atomic E-state index is -3.83. The Morgan fingerprint density at radius 1 is 1.29 bits per heavy atom. The predicted octanol–water partition coefficient (Wildman–Crippen LogP) is -2.62. The van der Waals surface area contributed by atoms with Gasteiger partial charge in [0, 0.05) is 13.1 Å². The number of carboxylic acids is 1. The number of nitrogens with zero attached hydrogens (tertiary/aromatic N) is 2. The molecule has 1 rings (SSSR count). The fourth-order valence-corrected chi connectivity index (χ4v) is 3.91. The van der Waals surface area contributed by atoms with Crippen LogP contribution >= 0.6 is 0 Å². The average molecular weight is 464 g/mol. The van der Waals surface area contributed by atoms with Gasteiger partial charge in [-0.3, -0.25) is 19.1 Å². The van der Waals surface area contributed by atoms with Crippen molar-refractivity contribution in [2.24, 2.45) is 16.5 Å². The number of H-pyrrole nitrogens is 1. The molecule has 14 nitrogen and oxygen atoms in total. The maximum Gasteiger partial charge on any atom is 0.329 e. The van der Waals surface area contributed by atoms with E-state index in [2.05, 4.69) is 15.3 Å². The summed E-state index contributed by atoms with van der Waals surface area (Å²) >= 11 is 0. The lowest BCUT2D eigenvalue weighted by atomic mass is 10.2. The standard InChI is InChI=1S/C16H29N7O7S/c1-2-3-7-31(29,30)22-11(14(26)27)8-20-12(24)9-23-13(25)10(21-16(23)28)5-4-6-19-15(17)18/h11,22,25H,2-9H2,1H3,(H,20,24)(H,21,28)(H,26,27)(H4,17,18,19). The maximum atomic E-state index is 12.1. The Balaban J connectivity index is 2.69. The zero-order valence-corrected chi connectivity index (χ0v) is 17.9. The molecule has 9 N–H and O–H groups in total. The van der Waals surface area contributed by atoms with Gasteiger partial charge in [0.05, 0.1) is 11.4 Å². The summed E-state index contributed by atoms with van der Waals surface area (Å²) in [6, 6.07) is -1.58. The quantitative estimate of drug-likeness (QED) is 0.0867. The number of aliphatic imine (C=N–C) groups is 1. The molecule has 0 spiro atoms. The van der Waals surface area contributed by atoms with Gasteiger partial charge in [0.1, 0.15) is 12.6 Å². The number of rotatable bonds is 14. The van der Waals surface area contributed by atoms with Crippen molar-refractivity contribution in [3.05, 3.63) is 16.2 Å². The highest BCUT2D eigenvalue weighted by Gasteiger charge is 2.24. The van der Waals surface area contributed by atoms with Crippen LogP contribution in [0.2, 0.25) is 0 Å². The number of imidazole rings is 1. The molecular formula is C16H29N7O7S. The third kappa shape index (κ3) is 9.08. The topological polar surface area (TPSA) is 235 Å². The molecule has 0 saturated heterocycles. The molecule has 1 atom stereocenters. The van der Waals surface area contributed by atoms with E-state index in [1.54, 1.807) is 6.92 Å². The number of nitrogens with two attached hydrogens (primary N) is 2. The molecule has 15 heteroatoms. The molecule has 1 amide bonds. The first kappa shape index (κ1) is 26.0. The highest BCUT2D eigenvalue weighted by molar-refractivity contribution is 7.89. The Kier molecular flexibility index (Phi) is 10.0. The van der Waals surface area contributed by atoms with E-state index in [9.17, 15) is 33.0 Å². The lowest BCUT2D eigenvalue weighted by Crippen LogP contribution is -2.49. The number of amides is 1. The van der Waals surface area contributed by atoms with Gasteiger partial charge in [0.2, 0.25) is 21.8 Å². The van der Waals surface area contributed by atoms with Gasteiger partial charge in [-0.15, -0.1) is 0 Å². The summed E-state index contributed by atoms with van der Waals surface area (Å²) in [4.78, 5) is 41.6. The second-order valence-corrected chi connectivity index (χ2v) is 8.59. The van der Waals surface area contributed by atoms with E-state index < -0.39 is 52.6 Å². The Labute approximate surface area is 178 Å². The van der Waals surface area contributed by atoms with Gasteiger partial charge in [0.15, 0.2) is 5.96 Å². The zero-order chi connectivity index (χ0) is 23.6. The highest BCUT2D eigenvalue weighted by Crippen LogP contribution is 2.14. The largest absolute Gasteiger partial charge is 0.493 e. The third-order valence-corrected chi connectivity index (χ3v) is 5.57. The number of carboxylic acid groups (broad SMARTS) is 1. The Hall–Kier alpha value is -3.07. The second kappa shape index (κ2) is 11.9. The lowest BCUT2D eigenvalue weighted by Gasteiger charge is -2.15. The van der Waals surface area contributed by atoms with E-state index in [1.165, 1.54) is 0 Å². The van der Waals surface area contributed by atoms with Crippen molar-refractivity contribution in [2.45, 2.75) is 45.2 Å². The minimum absolute atomic E-state index is 0.0840. The molecule has 0 aliphatic rings. The van der Waals surface area contributed by atoms with E-state index in [1.807, 2.05) is 4.72 Å². The fourth-order valence-electron chi connectivity index (χ4n) is 2.50. The van der Waals surface area contributed by atoms with Gasteiger partial charge in [0.25, 0.3) is 0 Å². The lowest BCUT2D eigenvalue weighted by molar-refractivity contribution is -0.138. The number of aryl methyl sites for hydroxylation is 1. The summed E-state index contributed by atoms with van der Waals surface area (Å²) in [7, 11) is -3.83. The van der Waals surface area contributed by atoms with Gasteiger partial charge in [-0.1, -0.05) is 13.3 Å². The Bertz CT molecular complexity index is 948. The number of aliphatic carboxylic acids is 1. The summed E-state index contributed by atoms with van der Waals surface area (Å²) in [5.41, 5.74) is 9.87. The number of unbranched alkanes of at least 4 members (excludes halogenated alkanes) is 1. The molecule has 31 heavy (non-hydrogen) atoms. The second-order valence-electron chi connectivity index (χ2n) is 6.71. The van der Waals surface area contributed by atoms with Gasteiger partial charge in [-0.05, 0) is 19.3 Å². The molecule has 0 aliphatic heterocycles. The first-order chi connectivity index (χ1) is 14.5. The summed E-state index contributed by atoms with van der Waals surface area (Å²) < 4.78 is 26.6. The normalized spacial score (nSPS) is 12.3. The van der Waals surface area contributed by atoms with Gasteiger partial charge in [-0.25, -0.2) is 13.2 Å². The maximum absolute atomic E-state index is 12.1. The molecule has 1 aromatic heterocycles. The van der Waals surface area contributed by atoms with Crippen LogP contribution in [-0.4, -0.2) is 70.9 Å². The zero-order valence-electron chi connectivity index (χ0n) is 17.1. The smallest absolute Gasteiger partial charge is 0.329 e. The number of nitrogens with one attached hydrogen (secondary N) is 3. The van der Waals surface area contributed by atoms with Gasteiger partial charge >= 0.3 is 11.7 Å². The molecule has 0 fully saturated rings. The monoisotopic (exact) mass is 463 g/mol. The van der Waals surface area contributed by atoms with Crippen LogP contribution in [0.4, 0.5) is 0 Å². The van der Waals surface area contributed by atoms with Crippen LogP contribution in [0.15, 0.2) is 9.79 Å². The van der Waals surface area contributed by atoms with Crippen LogP contribution in [0, 0.1) is 0 Å². The van der Waals surface area contributed by atoms with E-state index in [0.717, 1.165) is 4.57 Å². The first-order valence-electron chi connectivity index (χ1n) is 9.52. The van der Waals surface area contributed by atoms with Crippen molar-refractivity contribution >= 4 is 27.9 Å². The van der Waals surface area contributed by atoms with E-state index in [0.29, 0.717) is 19.3 Å². The molecule has 0 bridgehead atoms.